The van der Waals surface area contributed by atoms with Gasteiger partial charge in [0.05, 0.1) is 0 Å². The minimum atomic E-state index is -0.281. The maximum absolute atomic E-state index is 13.1. The third-order valence-corrected chi connectivity index (χ3v) is 3.02. The molecular weight excluding hydrogens is 207 g/mol. The van der Waals surface area contributed by atoms with Gasteiger partial charge >= 0.3 is 0 Å². The van der Waals surface area contributed by atoms with Gasteiger partial charge in [-0.25, -0.2) is 4.39 Å². The first-order valence-corrected chi connectivity index (χ1v) is 5.37. The SMILES string of the molecule is CC(=O)N1CCC(N)c2ccc(F)cc2C1. The van der Waals surface area contributed by atoms with Crippen LogP contribution in [-0.2, 0) is 11.3 Å². The van der Waals surface area contributed by atoms with Gasteiger partial charge in [-0.05, 0) is 29.7 Å². The number of halogens is 1. The van der Waals surface area contributed by atoms with E-state index in [9.17, 15) is 9.18 Å². The third kappa shape index (κ3) is 2.07. The highest BCUT2D eigenvalue weighted by Crippen LogP contribution is 2.25. The molecule has 1 amide bonds. The van der Waals surface area contributed by atoms with Crippen molar-refractivity contribution in [3.63, 3.8) is 0 Å². The minimum Gasteiger partial charge on any atom is -0.339 e. The van der Waals surface area contributed by atoms with Crippen molar-refractivity contribution in [1.82, 2.24) is 4.90 Å². The van der Waals surface area contributed by atoms with Gasteiger partial charge in [-0.2, -0.15) is 0 Å². The average molecular weight is 222 g/mol. The molecule has 1 unspecified atom stereocenters. The Kier molecular flexibility index (Phi) is 2.92. The highest BCUT2D eigenvalue weighted by atomic mass is 19.1. The molecule has 1 aliphatic heterocycles. The van der Waals surface area contributed by atoms with Gasteiger partial charge in [-0.1, -0.05) is 6.07 Å². The van der Waals surface area contributed by atoms with Crippen LogP contribution in [0.15, 0.2) is 18.2 Å². The molecule has 0 saturated carbocycles. The summed E-state index contributed by atoms with van der Waals surface area (Å²) in [5.74, 6) is -0.277. The molecule has 1 aromatic carbocycles. The molecule has 4 heteroatoms. The number of nitrogens with two attached hydrogens (primary N) is 1. The number of rotatable bonds is 0. The molecule has 0 fully saturated rings. The molecule has 3 nitrogen and oxygen atoms in total. The predicted molar refractivity (Wildman–Crippen MR) is 59.0 cm³/mol. The quantitative estimate of drug-likeness (QED) is 0.724. The lowest BCUT2D eigenvalue weighted by molar-refractivity contribution is -0.129. The monoisotopic (exact) mass is 222 g/mol. The van der Waals surface area contributed by atoms with E-state index in [1.807, 2.05) is 0 Å². The van der Waals surface area contributed by atoms with Crippen molar-refractivity contribution in [3.05, 3.63) is 35.1 Å². The highest BCUT2D eigenvalue weighted by Gasteiger charge is 2.21. The van der Waals surface area contributed by atoms with Gasteiger partial charge in [0.15, 0.2) is 0 Å². The van der Waals surface area contributed by atoms with E-state index in [1.165, 1.54) is 19.1 Å². The van der Waals surface area contributed by atoms with E-state index in [4.69, 9.17) is 5.73 Å². The Morgan fingerprint density at radius 2 is 2.31 bits per heavy atom. The molecule has 0 aliphatic carbocycles. The van der Waals surface area contributed by atoms with E-state index in [0.29, 0.717) is 13.1 Å². The first-order chi connectivity index (χ1) is 7.58. The van der Waals surface area contributed by atoms with Gasteiger partial charge in [0.25, 0.3) is 0 Å². The van der Waals surface area contributed by atoms with Gasteiger partial charge in [-0.15, -0.1) is 0 Å². The zero-order chi connectivity index (χ0) is 11.7. The Bertz CT molecular complexity index is 419. The lowest BCUT2D eigenvalue weighted by Crippen LogP contribution is -2.28. The lowest BCUT2D eigenvalue weighted by atomic mass is 10.0. The van der Waals surface area contributed by atoms with Crippen molar-refractivity contribution in [3.8, 4) is 0 Å². The molecule has 16 heavy (non-hydrogen) atoms. The summed E-state index contributed by atoms with van der Waals surface area (Å²) in [4.78, 5) is 13.0. The first kappa shape index (κ1) is 11.1. The first-order valence-electron chi connectivity index (χ1n) is 5.37. The summed E-state index contributed by atoms with van der Waals surface area (Å²) in [7, 11) is 0. The molecule has 0 spiro atoms. The van der Waals surface area contributed by atoms with Crippen molar-refractivity contribution in [2.45, 2.75) is 25.9 Å². The van der Waals surface area contributed by atoms with E-state index in [2.05, 4.69) is 0 Å². The van der Waals surface area contributed by atoms with Crippen LogP contribution in [-0.4, -0.2) is 17.4 Å². The van der Waals surface area contributed by atoms with Crippen LogP contribution in [0.2, 0.25) is 0 Å². The molecule has 0 radical (unpaired) electrons. The Hall–Kier alpha value is -1.42. The van der Waals surface area contributed by atoms with Gasteiger partial charge in [0.1, 0.15) is 5.82 Å². The summed E-state index contributed by atoms with van der Waals surface area (Å²) >= 11 is 0. The fraction of sp³-hybridized carbons (Fsp3) is 0.417. The lowest BCUT2D eigenvalue weighted by Gasteiger charge is -2.18. The topological polar surface area (TPSA) is 46.3 Å². The molecule has 2 N–H and O–H groups in total. The third-order valence-electron chi connectivity index (χ3n) is 3.02. The summed E-state index contributed by atoms with van der Waals surface area (Å²) in [5, 5.41) is 0. The van der Waals surface area contributed by atoms with Crippen LogP contribution in [0.4, 0.5) is 4.39 Å². The number of fused-ring (bicyclic) bond motifs is 1. The Labute approximate surface area is 94.0 Å². The number of nitrogens with zero attached hydrogens (tertiary/aromatic N) is 1. The second-order valence-electron chi connectivity index (χ2n) is 4.18. The Balaban J connectivity index is 2.38. The summed E-state index contributed by atoms with van der Waals surface area (Å²) in [5.41, 5.74) is 7.77. The number of amides is 1. The number of hydrogen-bond acceptors (Lipinski definition) is 2. The van der Waals surface area contributed by atoms with E-state index in [0.717, 1.165) is 17.5 Å². The highest BCUT2D eigenvalue weighted by molar-refractivity contribution is 5.73. The van der Waals surface area contributed by atoms with E-state index >= 15 is 0 Å². The summed E-state index contributed by atoms with van der Waals surface area (Å²) in [6.07, 6.45) is 0.720. The predicted octanol–water partition coefficient (Wildman–Crippen LogP) is 1.58. The molecule has 1 atom stereocenters. The van der Waals surface area contributed by atoms with Crippen LogP contribution in [0, 0.1) is 5.82 Å². The zero-order valence-electron chi connectivity index (χ0n) is 9.24. The molecule has 1 aliphatic rings. The largest absolute Gasteiger partial charge is 0.339 e. The minimum absolute atomic E-state index is 0.00399. The van der Waals surface area contributed by atoms with Crippen molar-refractivity contribution in [2.24, 2.45) is 5.73 Å². The Morgan fingerprint density at radius 1 is 1.56 bits per heavy atom. The second kappa shape index (κ2) is 4.22. The van der Waals surface area contributed by atoms with Crippen molar-refractivity contribution in [2.75, 3.05) is 6.54 Å². The van der Waals surface area contributed by atoms with Gasteiger partial charge < -0.3 is 10.6 Å². The maximum atomic E-state index is 13.1. The van der Waals surface area contributed by atoms with Crippen molar-refractivity contribution < 1.29 is 9.18 Å². The van der Waals surface area contributed by atoms with Crippen molar-refractivity contribution >= 4 is 5.91 Å². The standard InChI is InChI=1S/C12H15FN2O/c1-8(16)15-5-4-12(14)11-3-2-10(13)6-9(11)7-15/h2-3,6,12H,4-5,7,14H2,1H3. The maximum Gasteiger partial charge on any atom is 0.219 e. The molecular formula is C12H15FN2O. The number of carbonyl (C=O) groups excluding carboxylic acids is 1. The molecule has 1 heterocycles. The zero-order valence-corrected chi connectivity index (χ0v) is 9.24. The van der Waals surface area contributed by atoms with Crippen LogP contribution >= 0.6 is 0 Å². The van der Waals surface area contributed by atoms with E-state index in [-0.39, 0.29) is 17.8 Å². The molecule has 86 valence electrons. The Morgan fingerprint density at radius 3 is 3.00 bits per heavy atom. The van der Waals surface area contributed by atoms with Gasteiger partial charge in [0.2, 0.25) is 5.91 Å². The van der Waals surface area contributed by atoms with Crippen LogP contribution in [0.5, 0.6) is 0 Å². The molecule has 0 saturated heterocycles. The molecule has 2 rings (SSSR count). The van der Waals surface area contributed by atoms with Crippen LogP contribution < -0.4 is 5.73 Å². The second-order valence-corrected chi connectivity index (χ2v) is 4.18. The molecule has 1 aromatic rings. The van der Waals surface area contributed by atoms with E-state index in [1.54, 1.807) is 11.0 Å². The fourth-order valence-corrected chi connectivity index (χ4v) is 2.08. The molecule has 0 bridgehead atoms. The van der Waals surface area contributed by atoms with Crippen LogP contribution in [0.3, 0.4) is 0 Å². The average Bonchev–Trinajstić information content (AvgIpc) is 2.38. The smallest absolute Gasteiger partial charge is 0.219 e. The summed E-state index contributed by atoms with van der Waals surface area (Å²) < 4.78 is 13.1. The number of benzene rings is 1. The van der Waals surface area contributed by atoms with Gasteiger partial charge in [-0.3, -0.25) is 4.79 Å². The normalized spacial score (nSPS) is 20.2. The summed E-state index contributed by atoms with van der Waals surface area (Å²) in [6, 6.07) is 4.50. The van der Waals surface area contributed by atoms with Crippen LogP contribution in [0.25, 0.3) is 0 Å². The van der Waals surface area contributed by atoms with Crippen LogP contribution in [0.1, 0.15) is 30.5 Å². The van der Waals surface area contributed by atoms with E-state index < -0.39 is 0 Å². The number of carbonyl (C=O) groups is 1. The number of hydrogen-bond donors (Lipinski definition) is 1. The molecule has 0 aromatic heterocycles. The summed E-state index contributed by atoms with van der Waals surface area (Å²) in [6.45, 7) is 2.61. The van der Waals surface area contributed by atoms with Gasteiger partial charge in [0, 0.05) is 26.1 Å². The van der Waals surface area contributed by atoms with Crippen molar-refractivity contribution in [1.29, 1.82) is 0 Å². The fourth-order valence-electron chi connectivity index (χ4n) is 2.08.